The van der Waals surface area contributed by atoms with E-state index in [-0.39, 0.29) is 0 Å². The van der Waals surface area contributed by atoms with Gasteiger partial charge in [-0.15, -0.1) is 0 Å². The molecule has 1 amide bonds. The number of nitrogens with zero attached hydrogens (tertiary/aromatic N) is 1. The van der Waals surface area contributed by atoms with Crippen LogP contribution >= 0.6 is 0 Å². The van der Waals surface area contributed by atoms with Crippen molar-refractivity contribution in [3.05, 3.63) is 12.7 Å². The van der Waals surface area contributed by atoms with Crippen molar-refractivity contribution in [2.75, 3.05) is 20.2 Å². The molecule has 0 spiro atoms. The molecule has 0 aromatic carbocycles. The highest BCUT2D eigenvalue weighted by Crippen LogP contribution is 1.92. The number of carboxylic acid groups (broad SMARTS) is 1. The second-order valence-corrected chi connectivity index (χ2v) is 2.37. The summed E-state index contributed by atoms with van der Waals surface area (Å²) < 4.78 is 4.30. The molecule has 6 heteroatoms. The number of carbonyl (C=O) groups is 3. The quantitative estimate of drug-likeness (QED) is 0.467. The first-order valence-corrected chi connectivity index (χ1v) is 3.71. The molecule has 0 bridgehead atoms. The number of ether oxygens (including phenoxy) is 1. The van der Waals surface area contributed by atoms with Crippen molar-refractivity contribution in [2.45, 2.75) is 0 Å². The second kappa shape index (κ2) is 5.74. The lowest BCUT2D eigenvalue weighted by atomic mass is 10.4. The van der Waals surface area contributed by atoms with E-state index in [1.807, 2.05) is 0 Å². The highest BCUT2D eigenvalue weighted by Gasteiger charge is 2.17. The molecular weight excluding hydrogens is 190 g/mol. The minimum atomic E-state index is -1.20. The van der Waals surface area contributed by atoms with Crippen molar-refractivity contribution >= 4 is 17.8 Å². The summed E-state index contributed by atoms with van der Waals surface area (Å²) in [4.78, 5) is 33.0. The molecular formula is C8H11NO5. The summed E-state index contributed by atoms with van der Waals surface area (Å²) in [6.07, 6.45) is 0.936. The van der Waals surface area contributed by atoms with Crippen molar-refractivity contribution in [1.29, 1.82) is 0 Å². The van der Waals surface area contributed by atoms with E-state index in [0.29, 0.717) is 0 Å². The van der Waals surface area contributed by atoms with Gasteiger partial charge in [0.1, 0.15) is 13.1 Å². The molecule has 0 aromatic rings. The van der Waals surface area contributed by atoms with Crippen molar-refractivity contribution in [3.63, 3.8) is 0 Å². The Morgan fingerprint density at radius 1 is 1.43 bits per heavy atom. The minimum absolute atomic E-state index is 0.395. The van der Waals surface area contributed by atoms with Crippen LogP contribution in [0.4, 0.5) is 0 Å². The fraction of sp³-hybridized carbons (Fsp3) is 0.375. The maximum absolute atomic E-state index is 11.0. The van der Waals surface area contributed by atoms with E-state index in [9.17, 15) is 14.4 Å². The molecule has 0 aliphatic heterocycles. The van der Waals surface area contributed by atoms with E-state index in [2.05, 4.69) is 11.3 Å². The number of rotatable bonds is 5. The number of hydrogen-bond donors (Lipinski definition) is 1. The molecule has 0 unspecified atom stereocenters. The maximum Gasteiger partial charge on any atom is 0.325 e. The predicted octanol–water partition coefficient (Wildman–Crippen LogP) is -0.741. The third-order valence-corrected chi connectivity index (χ3v) is 1.36. The molecule has 0 saturated carbocycles. The zero-order valence-corrected chi connectivity index (χ0v) is 7.73. The van der Waals surface area contributed by atoms with E-state index >= 15 is 0 Å². The molecule has 1 N–H and O–H groups in total. The van der Waals surface area contributed by atoms with Gasteiger partial charge in [0.15, 0.2) is 0 Å². The van der Waals surface area contributed by atoms with Crippen molar-refractivity contribution in [2.24, 2.45) is 0 Å². The number of esters is 1. The smallest absolute Gasteiger partial charge is 0.325 e. The Kier molecular flexibility index (Phi) is 4.98. The Bertz CT molecular complexity index is 260. The maximum atomic E-state index is 11.0. The molecule has 6 nitrogen and oxygen atoms in total. The van der Waals surface area contributed by atoms with E-state index in [0.717, 1.165) is 18.1 Å². The van der Waals surface area contributed by atoms with Crippen molar-refractivity contribution in [1.82, 2.24) is 4.90 Å². The highest BCUT2D eigenvalue weighted by molar-refractivity contribution is 5.92. The van der Waals surface area contributed by atoms with E-state index < -0.39 is 30.9 Å². The SMILES string of the molecule is C=CC(=O)N(CC(=O)O)CC(=O)OC. The zero-order chi connectivity index (χ0) is 11.1. The van der Waals surface area contributed by atoms with Gasteiger partial charge in [0.25, 0.3) is 0 Å². The molecule has 14 heavy (non-hydrogen) atoms. The largest absolute Gasteiger partial charge is 0.480 e. The van der Waals surface area contributed by atoms with E-state index in [1.165, 1.54) is 0 Å². The summed E-state index contributed by atoms with van der Waals surface area (Å²) in [5, 5.41) is 8.43. The Hall–Kier alpha value is -1.85. The summed E-state index contributed by atoms with van der Waals surface area (Å²) in [6, 6.07) is 0. The molecule has 0 fully saturated rings. The highest BCUT2D eigenvalue weighted by atomic mass is 16.5. The lowest BCUT2D eigenvalue weighted by Crippen LogP contribution is -2.38. The van der Waals surface area contributed by atoms with Gasteiger partial charge < -0.3 is 14.7 Å². The number of aliphatic carboxylic acids is 1. The van der Waals surface area contributed by atoms with Crippen LogP contribution in [0, 0.1) is 0 Å². The van der Waals surface area contributed by atoms with Crippen LogP contribution < -0.4 is 0 Å². The number of carboxylic acids is 1. The lowest BCUT2D eigenvalue weighted by Gasteiger charge is -2.16. The van der Waals surface area contributed by atoms with Crippen LogP contribution in [-0.2, 0) is 19.1 Å². The standard InChI is InChI=1S/C8H11NO5/c1-3-6(10)9(4-7(11)12)5-8(13)14-2/h3H,1,4-5H2,2H3,(H,11,12). The summed E-state index contributed by atoms with van der Waals surface area (Å²) in [5.41, 5.74) is 0. The van der Waals surface area contributed by atoms with Gasteiger partial charge in [0.05, 0.1) is 7.11 Å². The van der Waals surface area contributed by atoms with Crippen LogP contribution in [0.3, 0.4) is 0 Å². The van der Waals surface area contributed by atoms with Gasteiger partial charge in [-0.2, -0.15) is 0 Å². The fourth-order valence-corrected chi connectivity index (χ4v) is 0.724. The van der Waals surface area contributed by atoms with Crippen LogP contribution in [0.5, 0.6) is 0 Å². The van der Waals surface area contributed by atoms with Gasteiger partial charge in [-0.1, -0.05) is 6.58 Å². The van der Waals surface area contributed by atoms with E-state index in [4.69, 9.17) is 5.11 Å². The third-order valence-electron chi connectivity index (χ3n) is 1.36. The summed E-state index contributed by atoms with van der Waals surface area (Å²) in [6.45, 7) is 2.23. The molecule has 78 valence electrons. The topological polar surface area (TPSA) is 83.9 Å². The first kappa shape index (κ1) is 12.2. The third kappa shape index (κ3) is 4.24. The molecule has 0 aliphatic rings. The summed E-state index contributed by atoms with van der Waals surface area (Å²) >= 11 is 0. The number of carbonyl (C=O) groups excluding carboxylic acids is 2. The normalized spacial score (nSPS) is 8.93. The van der Waals surface area contributed by atoms with Crippen molar-refractivity contribution < 1.29 is 24.2 Å². The van der Waals surface area contributed by atoms with Gasteiger partial charge in [0.2, 0.25) is 5.91 Å². The molecule has 0 radical (unpaired) electrons. The number of amides is 1. The van der Waals surface area contributed by atoms with Gasteiger partial charge in [-0.05, 0) is 6.08 Å². The molecule has 0 atom stereocenters. The molecule has 0 heterocycles. The average Bonchev–Trinajstić information content (AvgIpc) is 2.14. The summed E-state index contributed by atoms with van der Waals surface area (Å²) in [7, 11) is 1.15. The van der Waals surface area contributed by atoms with Gasteiger partial charge >= 0.3 is 11.9 Å². The Morgan fingerprint density at radius 3 is 2.36 bits per heavy atom. The number of hydrogen-bond acceptors (Lipinski definition) is 4. The van der Waals surface area contributed by atoms with Crippen LogP contribution in [0.25, 0.3) is 0 Å². The van der Waals surface area contributed by atoms with Gasteiger partial charge in [0, 0.05) is 0 Å². The molecule has 0 aliphatic carbocycles. The second-order valence-electron chi connectivity index (χ2n) is 2.37. The first-order chi connectivity index (χ1) is 6.51. The molecule has 0 aromatic heterocycles. The monoisotopic (exact) mass is 201 g/mol. The Labute approximate surface area is 80.8 Å². The summed E-state index contributed by atoms with van der Waals surface area (Å²) in [5.74, 6) is -2.51. The average molecular weight is 201 g/mol. The van der Waals surface area contributed by atoms with Crippen LogP contribution in [0.1, 0.15) is 0 Å². The van der Waals surface area contributed by atoms with Crippen LogP contribution in [-0.4, -0.2) is 48.1 Å². The van der Waals surface area contributed by atoms with Gasteiger partial charge in [-0.25, -0.2) is 0 Å². The fourth-order valence-electron chi connectivity index (χ4n) is 0.724. The first-order valence-electron chi connectivity index (χ1n) is 3.71. The van der Waals surface area contributed by atoms with E-state index in [1.54, 1.807) is 0 Å². The Morgan fingerprint density at radius 2 is 2.00 bits per heavy atom. The Balaban J connectivity index is 4.39. The van der Waals surface area contributed by atoms with Gasteiger partial charge in [-0.3, -0.25) is 14.4 Å². The van der Waals surface area contributed by atoms with Crippen molar-refractivity contribution in [3.8, 4) is 0 Å². The predicted molar refractivity (Wildman–Crippen MR) is 46.4 cm³/mol. The van der Waals surface area contributed by atoms with Crippen LogP contribution in [0.2, 0.25) is 0 Å². The molecule has 0 rings (SSSR count). The minimum Gasteiger partial charge on any atom is -0.480 e. The molecule has 0 saturated heterocycles. The van der Waals surface area contributed by atoms with Crippen LogP contribution in [0.15, 0.2) is 12.7 Å². The lowest BCUT2D eigenvalue weighted by molar-refractivity contribution is -0.149. The number of methoxy groups -OCH3 is 1. The zero-order valence-electron chi connectivity index (χ0n) is 7.73.